The van der Waals surface area contributed by atoms with E-state index in [-0.39, 0.29) is 5.91 Å². The van der Waals surface area contributed by atoms with E-state index in [4.69, 9.17) is 0 Å². The summed E-state index contributed by atoms with van der Waals surface area (Å²) in [7, 11) is 2.16. The topological polar surface area (TPSA) is 86.3 Å². The van der Waals surface area contributed by atoms with Gasteiger partial charge in [0, 0.05) is 68.6 Å². The van der Waals surface area contributed by atoms with Gasteiger partial charge in [-0.1, -0.05) is 24.3 Å². The van der Waals surface area contributed by atoms with Crippen LogP contribution in [0.15, 0.2) is 85.5 Å². The molecular weight excluding hydrogens is 450 g/mol. The number of nitrogens with zero attached hydrogens (tertiary/aromatic N) is 5. The van der Waals surface area contributed by atoms with E-state index in [0.717, 1.165) is 43.9 Å². The van der Waals surface area contributed by atoms with Crippen LogP contribution >= 0.6 is 0 Å². The molecule has 0 aliphatic carbocycles. The number of benzene rings is 2. The Morgan fingerprint density at radius 1 is 0.861 bits per heavy atom. The summed E-state index contributed by atoms with van der Waals surface area (Å²) in [5, 5.41) is 6.27. The van der Waals surface area contributed by atoms with Crippen LogP contribution < -0.4 is 10.6 Å². The highest BCUT2D eigenvalue weighted by Crippen LogP contribution is 2.30. The lowest BCUT2D eigenvalue weighted by molar-refractivity contribution is 0.102. The SMILES string of the molecule is CN1CCN(Cc2ccc(C(=O)Nc3ccc(-c4cccnc4)cc3Nc3ncccn3)cc2)CC1. The molecule has 4 aromatic rings. The number of anilines is 3. The van der Waals surface area contributed by atoms with E-state index in [1.165, 1.54) is 5.56 Å². The van der Waals surface area contributed by atoms with Gasteiger partial charge in [0.05, 0.1) is 11.4 Å². The zero-order valence-electron chi connectivity index (χ0n) is 20.3. The molecule has 36 heavy (non-hydrogen) atoms. The minimum atomic E-state index is -0.174. The van der Waals surface area contributed by atoms with Crippen LogP contribution in [0, 0.1) is 0 Å². The molecule has 8 nitrogen and oxygen atoms in total. The molecule has 1 amide bonds. The van der Waals surface area contributed by atoms with Gasteiger partial charge in [0.1, 0.15) is 0 Å². The molecular formula is C28H29N7O. The molecule has 0 saturated carbocycles. The molecule has 182 valence electrons. The molecule has 0 unspecified atom stereocenters. The molecule has 0 radical (unpaired) electrons. The third kappa shape index (κ3) is 5.91. The molecule has 2 N–H and O–H groups in total. The fourth-order valence-corrected chi connectivity index (χ4v) is 4.17. The monoisotopic (exact) mass is 479 g/mol. The molecule has 2 aromatic heterocycles. The second kappa shape index (κ2) is 11.1. The van der Waals surface area contributed by atoms with Crippen molar-refractivity contribution in [3.63, 3.8) is 0 Å². The van der Waals surface area contributed by atoms with Crippen LogP contribution in [-0.2, 0) is 6.54 Å². The van der Waals surface area contributed by atoms with Crippen molar-refractivity contribution in [3.05, 3.63) is 96.6 Å². The minimum absolute atomic E-state index is 0.174. The first-order valence-corrected chi connectivity index (χ1v) is 12.0. The molecule has 1 aliphatic rings. The molecule has 3 heterocycles. The lowest BCUT2D eigenvalue weighted by Gasteiger charge is -2.32. The van der Waals surface area contributed by atoms with Crippen molar-refractivity contribution >= 4 is 23.2 Å². The third-order valence-corrected chi connectivity index (χ3v) is 6.29. The Balaban J connectivity index is 1.32. The number of carbonyl (C=O) groups excluding carboxylic acids is 1. The Hall–Kier alpha value is -4.14. The molecule has 8 heteroatoms. The normalized spacial score (nSPS) is 14.4. The van der Waals surface area contributed by atoms with Crippen molar-refractivity contribution in [1.29, 1.82) is 0 Å². The van der Waals surface area contributed by atoms with E-state index < -0.39 is 0 Å². The third-order valence-electron chi connectivity index (χ3n) is 6.29. The number of amides is 1. The summed E-state index contributed by atoms with van der Waals surface area (Å²) in [4.78, 5) is 30.6. The second-order valence-corrected chi connectivity index (χ2v) is 8.93. The first-order valence-electron chi connectivity index (χ1n) is 12.0. The predicted molar refractivity (Wildman–Crippen MR) is 142 cm³/mol. The van der Waals surface area contributed by atoms with Crippen LogP contribution in [0.4, 0.5) is 17.3 Å². The highest BCUT2D eigenvalue weighted by atomic mass is 16.1. The standard InChI is InChI=1S/C28H29N7O/c1-34-14-16-35(17-15-34)20-21-5-7-22(8-6-21)27(36)32-25-10-9-23(24-4-2-11-29-19-24)18-26(25)33-28-30-12-3-13-31-28/h2-13,18-19H,14-17,20H2,1H3,(H,32,36)(H,30,31,33). The van der Waals surface area contributed by atoms with Crippen molar-refractivity contribution in [1.82, 2.24) is 24.8 Å². The summed E-state index contributed by atoms with van der Waals surface area (Å²) < 4.78 is 0. The average Bonchev–Trinajstić information content (AvgIpc) is 2.92. The number of nitrogens with one attached hydrogen (secondary N) is 2. The molecule has 0 atom stereocenters. The van der Waals surface area contributed by atoms with Crippen LogP contribution in [0.2, 0.25) is 0 Å². The highest BCUT2D eigenvalue weighted by molar-refractivity contribution is 6.06. The maximum absolute atomic E-state index is 13.1. The van der Waals surface area contributed by atoms with Gasteiger partial charge >= 0.3 is 0 Å². The Bertz CT molecular complexity index is 1290. The summed E-state index contributed by atoms with van der Waals surface area (Å²) in [6.45, 7) is 5.20. The smallest absolute Gasteiger partial charge is 0.255 e. The van der Waals surface area contributed by atoms with Crippen molar-refractivity contribution < 1.29 is 4.79 Å². The number of pyridine rings is 1. The molecule has 1 aliphatic heterocycles. The van der Waals surface area contributed by atoms with Gasteiger partial charge in [-0.25, -0.2) is 9.97 Å². The molecule has 1 saturated heterocycles. The first kappa shape index (κ1) is 23.6. The Morgan fingerprint density at radius 3 is 2.36 bits per heavy atom. The summed E-state index contributed by atoms with van der Waals surface area (Å²) in [5.74, 6) is 0.275. The molecule has 1 fully saturated rings. The molecule has 2 aromatic carbocycles. The minimum Gasteiger partial charge on any atom is -0.322 e. The largest absolute Gasteiger partial charge is 0.322 e. The fourth-order valence-electron chi connectivity index (χ4n) is 4.17. The second-order valence-electron chi connectivity index (χ2n) is 8.93. The Morgan fingerprint density at radius 2 is 1.64 bits per heavy atom. The summed E-state index contributed by atoms with van der Waals surface area (Å²) >= 11 is 0. The van der Waals surface area contributed by atoms with E-state index in [1.807, 2.05) is 54.6 Å². The predicted octanol–water partition coefficient (Wildman–Crippen LogP) is 4.28. The van der Waals surface area contributed by atoms with Crippen molar-refractivity contribution in [3.8, 4) is 11.1 Å². The number of aromatic nitrogens is 3. The number of rotatable bonds is 7. The highest BCUT2D eigenvalue weighted by Gasteiger charge is 2.15. The number of carbonyl (C=O) groups is 1. The van der Waals surface area contributed by atoms with Crippen LogP contribution in [0.1, 0.15) is 15.9 Å². The summed E-state index contributed by atoms with van der Waals surface area (Å²) in [5.41, 5.74) is 5.09. The van der Waals surface area contributed by atoms with E-state index in [2.05, 4.69) is 42.4 Å². The van der Waals surface area contributed by atoms with Gasteiger partial charge in [0.25, 0.3) is 5.91 Å². The maximum Gasteiger partial charge on any atom is 0.255 e. The van der Waals surface area contributed by atoms with Crippen LogP contribution in [0.5, 0.6) is 0 Å². The van der Waals surface area contributed by atoms with Gasteiger partial charge in [-0.15, -0.1) is 0 Å². The van der Waals surface area contributed by atoms with Crippen molar-refractivity contribution in [2.75, 3.05) is 43.9 Å². The Kier molecular flexibility index (Phi) is 7.25. The zero-order valence-corrected chi connectivity index (χ0v) is 20.3. The van der Waals surface area contributed by atoms with E-state index in [1.54, 1.807) is 30.9 Å². The van der Waals surface area contributed by atoms with Crippen LogP contribution in [-0.4, -0.2) is 63.9 Å². The summed E-state index contributed by atoms with van der Waals surface area (Å²) in [6, 6.07) is 19.3. The average molecular weight is 480 g/mol. The van der Waals surface area contributed by atoms with Crippen LogP contribution in [0.25, 0.3) is 11.1 Å². The lowest BCUT2D eigenvalue weighted by Crippen LogP contribution is -2.43. The van der Waals surface area contributed by atoms with Gasteiger partial charge in [-0.05, 0) is 54.6 Å². The van der Waals surface area contributed by atoms with Gasteiger partial charge in [0.2, 0.25) is 5.95 Å². The number of likely N-dealkylation sites (N-methyl/N-ethyl adjacent to an activating group) is 1. The zero-order chi connectivity index (χ0) is 24.7. The molecule has 0 bridgehead atoms. The van der Waals surface area contributed by atoms with Gasteiger partial charge in [0.15, 0.2) is 0 Å². The van der Waals surface area contributed by atoms with Crippen molar-refractivity contribution in [2.45, 2.75) is 6.54 Å². The Labute approximate surface area is 211 Å². The molecule has 0 spiro atoms. The quantitative estimate of drug-likeness (QED) is 0.409. The van der Waals surface area contributed by atoms with E-state index in [9.17, 15) is 4.79 Å². The van der Waals surface area contributed by atoms with Gasteiger partial charge < -0.3 is 15.5 Å². The molecule has 5 rings (SSSR count). The fraction of sp³-hybridized carbons (Fsp3) is 0.214. The lowest BCUT2D eigenvalue weighted by atomic mass is 10.1. The van der Waals surface area contributed by atoms with Gasteiger partial charge in [-0.2, -0.15) is 0 Å². The van der Waals surface area contributed by atoms with Crippen LogP contribution in [0.3, 0.4) is 0 Å². The number of hydrogen-bond acceptors (Lipinski definition) is 7. The van der Waals surface area contributed by atoms with E-state index >= 15 is 0 Å². The van der Waals surface area contributed by atoms with Crippen molar-refractivity contribution in [2.24, 2.45) is 0 Å². The number of piperazine rings is 1. The van der Waals surface area contributed by atoms with E-state index in [0.29, 0.717) is 22.9 Å². The summed E-state index contributed by atoms with van der Waals surface area (Å²) in [6.07, 6.45) is 6.88. The number of hydrogen-bond donors (Lipinski definition) is 2. The maximum atomic E-state index is 13.1. The first-order chi connectivity index (χ1) is 17.6. The van der Waals surface area contributed by atoms with Gasteiger partial charge in [-0.3, -0.25) is 14.7 Å².